The second-order valence-corrected chi connectivity index (χ2v) is 21.1. The van der Waals surface area contributed by atoms with Gasteiger partial charge in [-0.3, -0.25) is 0 Å². The predicted octanol–water partition coefficient (Wildman–Crippen LogP) is 20.4. The van der Waals surface area contributed by atoms with Crippen molar-refractivity contribution in [3.05, 3.63) is 192 Å². The highest BCUT2D eigenvalue weighted by Crippen LogP contribution is 2.56. The van der Waals surface area contributed by atoms with Gasteiger partial charge in [0.15, 0.2) is 11.2 Å². The molecular formula is C67H58N2O2. The summed E-state index contributed by atoms with van der Waals surface area (Å²) in [7, 11) is 0. The van der Waals surface area contributed by atoms with Crippen LogP contribution in [-0.4, -0.2) is 0 Å². The van der Waals surface area contributed by atoms with Crippen LogP contribution < -0.4 is 9.80 Å². The molecule has 71 heavy (non-hydrogen) atoms. The molecule has 0 N–H and O–H groups in total. The lowest BCUT2D eigenvalue weighted by atomic mass is 9.86. The first-order chi connectivity index (χ1) is 34.9. The van der Waals surface area contributed by atoms with Crippen LogP contribution in [0.3, 0.4) is 0 Å². The van der Waals surface area contributed by atoms with Gasteiger partial charge in [-0.05, 0) is 143 Å². The van der Waals surface area contributed by atoms with Crippen molar-refractivity contribution in [2.45, 2.75) is 96.8 Å². The second-order valence-electron chi connectivity index (χ2n) is 21.1. The van der Waals surface area contributed by atoms with Gasteiger partial charge >= 0.3 is 0 Å². The van der Waals surface area contributed by atoms with E-state index in [1.807, 2.05) is 0 Å². The Kier molecular flexibility index (Phi) is 9.85. The monoisotopic (exact) mass is 922 g/mol. The Hall–Kier alpha value is -7.56. The Morgan fingerprint density at radius 2 is 0.859 bits per heavy atom. The summed E-state index contributed by atoms with van der Waals surface area (Å²) in [6, 6.07) is 61.5. The van der Waals surface area contributed by atoms with Gasteiger partial charge in [0.05, 0.1) is 22.7 Å². The van der Waals surface area contributed by atoms with Crippen LogP contribution in [0.2, 0.25) is 0 Å². The van der Waals surface area contributed by atoms with Gasteiger partial charge in [-0.1, -0.05) is 167 Å². The quantitative estimate of drug-likeness (QED) is 0.135. The molecule has 348 valence electrons. The Labute approximate surface area is 415 Å². The molecule has 12 aromatic rings. The molecule has 2 aliphatic carbocycles. The first kappa shape index (κ1) is 42.3. The van der Waals surface area contributed by atoms with Crippen LogP contribution in [0.1, 0.15) is 111 Å². The topological polar surface area (TPSA) is 32.8 Å². The van der Waals surface area contributed by atoms with Crippen LogP contribution in [0.25, 0.3) is 76.2 Å². The fourth-order valence-corrected chi connectivity index (χ4v) is 13.3. The number of rotatable bonds is 9. The van der Waals surface area contributed by atoms with E-state index in [-0.39, 0.29) is 5.92 Å². The maximum atomic E-state index is 7.13. The van der Waals surface area contributed by atoms with Gasteiger partial charge in [0.25, 0.3) is 0 Å². The van der Waals surface area contributed by atoms with E-state index in [0.29, 0.717) is 11.8 Å². The fraction of sp³-hybridized carbons (Fsp3) is 0.224. The molecule has 0 saturated heterocycles. The number of furan rings is 2. The Morgan fingerprint density at radius 1 is 0.408 bits per heavy atom. The molecule has 2 fully saturated rings. The number of hydrogen-bond acceptors (Lipinski definition) is 4. The second kappa shape index (κ2) is 16.5. The lowest BCUT2D eigenvalue weighted by molar-refractivity contribution is 0.664. The van der Waals surface area contributed by atoms with Gasteiger partial charge < -0.3 is 18.6 Å². The van der Waals surface area contributed by atoms with E-state index in [1.165, 1.54) is 140 Å². The molecular weight excluding hydrogens is 865 g/mol. The molecule has 2 aliphatic rings. The minimum Gasteiger partial charge on any atom is -0.454 e. The van der Waals surface area contributed by atoms with Gasteiger partial charge in [-0.2, -0.15) is 0 Å². The molecule has 0 spiro atoms. The largest absolute Gasteiger partial charge is 0.454 e. The van der Waals surface area contributed by atoms with Crippen molar-refractivity contribution in [3.8, 4) is 0 Å². The Balaban J connectivity index is 1.10. The molecule has 0 atom stereocenters. The highest BCUT2D eigenvalue weighted by Gasteiger charge is 2.33. The standard InChI is InChI=1S/C67H58N2O2/c1-40(2)55-39-59(69(57-26-14-6-18-42(57)4)65-47(44-21-9-10-22-44)33-36-52-49-24-12-16-28-61(49)71-67(52)65)54-31-29-45-30-38-58(53-37-34-50(55)63(54)62(45)53)68(56-25-13-5-17-41(56)3)64-46(43-19-7-8-20-43)32-35-51-48-23-11-15-27-60(48)70-66(51)64/h5-6,11-18,23-40,43-44H,7-10,19-22H2,1-4H3. The first-order valence-corrected chi connectivity index (χ1v) is 26.3. The van der Waals surface area contributed by atoms with Crippen molar-refractivity contribution >= 4 is 110 Å². The Bertz CT molecular complexity index is 4050. The van der Waals surface area contributed by atoms with Crippen LogP contribution in [0.4, 0.5) is 34.1 Å². The van der Waals surface area contributed by atoms with E-state index < -0.39 is 0 Å². The molecule has 10 aromatic carbocycles. The number of anilines is 6. The molecule has 0 unspecified atom stereocenters. The minimum atomic E-state index is 0.260. The van der Waals surface area contributed by atoms with Crippen molar-refractivity contribution in [1.29, 1.82) is 0 Å². The van der Waals surface area contributed by atoms with Crippen molar-refractivity contribution in [2.75, 3.05) is 9.80 Å². The molecule has 4 nitrogen and oxygen atoms in total. The molecule has 4 heteroatoms. The number of benzene rings is 10. The predicted molar refractivity (Wildman–Crippen MR) is 300 cm³/mol. The highest BCUT2D eigenvalue weighted by atomic mass is 16.3. The lowest BCUT2D eigenvalue weighted by Gasteiger charge is -2.33. The lowest BCUT2D eigenvalue weighted by Crippen LogP contribution is -2.16. The summed E-state index contributed by atoms with van der Waals surface area (Å²) >= 11 is 0. The summed E-state index contributed by atoms with van der Waals surface area (Å²) in [5, 5.41) is 12.3. The number of fused-ring (bicyclic) bond motifs is 6. The van der Waals surface area contributed by atoms with Crippen molar-refractivity contribution in [3.63, 3.8) is 0 Å². The third-order valence-electron chi connectivity index (χ3n) is 16.7. The van der Waals surface area contributed by atoms with Gasteiger partial charge in [-0.25, -0.2) is 0 Å². The van der Waals surface area contributed by atoms with Crippen molar-refractivity contribution in [2.24, 2.45) is 0 Å². The maximum absolute atomic E-state index is 7.13. The van der Waals surface area contributed by atoms with E-state index in [0.717, 1.165) is 49.6 Å². The van der Waals surface area contributed by atoms with Gasteiger partial charge in [0, 0.05) is 43.7 Å². The summed E-state index contributed by atoms with van der Waals surface area (Å²) in [5.74, 6) is 1.15. The van der Waals surface area contributed by atoms with E-state index in [9.17, 15) is 0 Å². The Morgan fingerprint density at radius 3 is 1.41 bits per heavy atom. The summed E-state index contributed by atoms with van der Waals surface area (Å²) in [6.07, 6.45) is 9.72. The maximum Gasteiger partial charge on any atom is 0.159 e. The van der Waals surface area contributed by atoms with Gasteiger partial charge in [-0.15, -0.1) is 0 Å². The summed E-state index contributed by atoms with van der Waals surface area (Å²) < 4.78 is 14.2. The fourth-order valence-electron chi connectivity index (χ4n) is 13.3. The van der Waals surface area contributed by atoms with Crippen molar-refractivity contribution < 1.29 is 8.83 Å². The normalized spacial score (nSPS) is 14.9. The van der Waals surface area contributed by atoms with Crippen LogP contribution in [-0.2, 0) is 0 Å². The minimum absolute atomic E-state index is 0.260. The first-order valence-electron chi connectivity index (χ1n) is 26.3. The van der Waals surface area contributed by atoms with E-state index >= 15 is 0 Å². The van der Waals surface area contributed by atoms with E-state index in [4.69, 9.17) is 8.83 Å². The summed E-state index contributed by atoms with van der Waals surface area (Å²) in [6.45, 7) is 9.25. The molecule has 2 heterocycles. The number of para-hydroxylation sites is 4. The number of hydrogen-bond donors (Lipinski definition) is 0. The molecule has 0 aliphatic heterocycles. The third-order valence-corrected chi connectivity index (χ3v) is 16.7. The third kappa shape index (κ3) is 6.49. The van der Waals surface area contributed by atoms with Gasteiger partial charge in [0.1, 0.15) is 11.2 Å². The van der Waals surface area contributed by atoms with Crippen molar-refractivity contribution in [1.82, 2.24) is 0 Å². The highest BCUT2D eigenvalue weighted by molar-refractivity contribution is 6.29. The zero-order valence-electron chi connectivity index (χ0n) is 41.2. The number of nitrogens with zero attached hydrogens (tertiary/aromatic N) is 2. The van der Waals surface area contributed by atoms with Gasteiger partial charge in [0.2, 0.25) is 0 Å². The molecule has 0 bridgehead atoms. The number of aryl methyl sites for hydroxylation is 2. The molecule has 14 rings (SSSR count). The molecule has 2 saturated carbocycles. The molecule has 0 radical (unpaired) electrons. The van der Waals surface area contributed by atoms with Crippen LogP contribution in [0, 0.1) is 13.8 Å². The zero-order chi connectivity index (χ0) is 47.5. The van der Waals surface area contributed by atoms with E-state index in [2.05, 4.69) is 201 Å². The molecule has 2 aromatic heterocycles. The molecule has 0 amide bonds. The smallest absolute Gasteiger partial charge is 0.159 e. The summed E-state index contributed by atoms with van der Waals surface area (Å²) in [5.41, 5.74) is 17.4. The SMILES string of the molecule is Cc1ccccc1N(c1ccc2ccc3c(N(c4ccccc4C)c4c(C5CCCC5)ccc5c4oc4ccccc45)cc(C(C)C)c4ccc1c2c43)c1c(C2CCCC2)ccc2c1oc1ccccc12. The van der Waals surface area contributed by atoms with Crippen LogP contribution in [0.15, 0.2) is 173 Å². The van der Waals surface area contributed by atoms with E-state index in [1.54, 1.807) is 0 Å². The summed E-state index contributed by atoms with van der Waals surface area (Å²) in [4.78, 5) is 5.20. The zero-order valence-corrected chi connectivity index (χ0v) is 41.2. The van der Waals surface area contributed by atoms with Crippen LogP contribution in [0.5, 0.6) is 0 Å². The van der Waals surface area contributed by atoms with Crippen LogP contribution >= 0.6 is 0 Å². The average Bonchev–Trinajstić information content (AvgIpc) is 4.25. The average molecular weight is 923 g/mol.